The maximum absolute atomic E-state index is 12.4. The van der Waals surface area contributed by atoms with Gasteiger partial charge in [-0.15, -0.1) is 0 Å². The summed E-state index contributed by atoms with van der Waals surface area (Å²) >= 11 is 0. The second-order valence-electron chi connectivity index (χ2n) is 6.15. The van der Waals surface area contributed by atoms with E-state index in [2.05, 4.69) is 22.4 Å². The number of para-hydroxylation sites is 1. The second-order valence-corrected chi connectivity index (χ2v) is 6.15. The van der Waals surface area contributed by atoms with Crippen LogP contribution >= 0.6 is 0 Å². The Morgan fingerprint density at radius 1 is 0.962 bits per heavy atom. The summed E-state index contributed by atoms with van der Waals surface area (Å²) in [6, 6.07) is 21.3. The van der Waals surface area contributed by atoms with E-state index in [4.69, 9.17) is 0 Å². The first-order chi connectivity index (χ1) is 12.7. The van der Waals surface area contributed by atoms with Crippen LogP contribution in [-0.4, -0.2) is 15.5 Å². The fourth-order valence-corrected chi connectivity index (χ4v) is 2.98. The van der Waals surface area contributed by atoms with Crippen LogP contribution in [0.3, 0.4) is 0 Å². The quantitative estimate of drug-likeness (QED) is 0.620. The number of amides is 1. The number of fused-ring (bicyclic) bond motifs is 2. The lowest BCUT2D eigenvalue weighted by atomic mass is 10.1. The number of hydrogen-bond acceptors (Lipinski definition) is 3. The molecule has 0 aliphatic carbocycles. The molecule has 5 heteroatoms. The Hall–Kier alpha value is -3.47. The van der Waals surface area contributed by atoms with Crippen LogP contribution in [0.1, 0.15) is 5.56 Å². The van der Waals surface area contributed by atoms with Gasteiger partial charge in [0, 0.05) is 6.54 Å². The van der Waals surface area contributed by atoms with Gasteiger partial charge in [-0.05, 0) is 34.5 Å². The van der Waals surface area contributed by atoms with Crippen molar-refractivity contribution >= 4 is 27.6 Å². The van der Waals surface area contributed by atoms with Gasteiger partial charge in [-0.3, -0.25) is 14.2 Å². The number of nitrogens with one attached hydrogen (secondary N) is 1. The number of carbonyl (C=O) groups excluding carboxylic acids is 1. The molecule has 128 valence electrons. The Bertz CT molecular complexity index is 1160. The van der Waals surface area contributed by atoms with E-state index in [1.165, 1.54) is 10.9 Å². The smallest absolute Gasteiger partial charge is 0.261 e. The lowest BCUT2D eigenvalue weighted by molar-refractivity contribution is -0.121. The standard InChI is InChI=1S/C21H17N3O2/c25-20(13-24-14-23-19-8-4-3-7-18(19)21(24)26)22-12-15-9-10-16-5-1-2-6-17(16)11-15/h1-11,14H,12-13H2,(H,22,25). The van der Waals surface area contributed by atoms with Crippen molar-refractivity contribution in [1.29, 1.82) is 0 Å². The van der Waals surface area contributed by atoms with Gasteiger partial charge < -0.3 is 5.32 Å². The predicted molar refractivity (Wildman–Crippen MR) is 102 cm³/mol. The lowest BCUT2D eigenvalue weighted by Gasteiger charge is -2.09. The minimum Gasteiger partial charge on any atom is -0.350 e. The molecule has 0 saturated heterocycles. The van der Waals surface area contributed by atoms with Crippen molar-refractivity contribution in [2.75, 3.05) is 0 Å². The van der Waals surface area contributed by atoms with Gasteiger partial charge in [-0.25, -0.2) is 4.98 Å². The molecule has 0 saturated carbocycles. The molecule has 26 heavy (non-hydrogen) atoms. The summed E-state index contributed by atoms with van der Waals surface area (Å²) in [5, 5.41) is 5.67. The highest BCUT2D eigenvalue weighted by Crippen LogP contribution is 2.15. The summed E-state index contributed by atoms with van der Waals surface area (Å²) in [4.78, 5) is 28.9. The van der Waals surface area contributed by atoms with Crippen LogP contribution in [0.2, 0.25) is 0 Å². The molecule has 0 unspecified atom stereocenters. The van der Waals surface area contributed by atoms with E-state index in [0.29, 0.717) is 17.4 Å². The van der Waals surface area contributed by atoms with Gasteiger partial charge in [0.15, 0.2) is 0 Å². The zero-order valence-corrected chi connectivity index (χ0v) is 14.1. The topological polar surface area (TPSA) is 64.0 Å². The molecule has 1 amide bonds. The van der Waals surface area contributed by atoms with Crippen molar-refractivity contribution in [1.82, 2.24) is 14.9 Å². The van der Waals surface area contributed by atoms with Crippen molar-refractivity contribution in [3.8, 4) is 0 Å². The highest BCUT2D eigenvalue weighted by molar-refractivity contribution is 5.83. The number of carbonyl (C=O) groups is 1. The minimum atomic E-state index is -0.225. The molecular formula is C21H17N3O2. The number of aromatic nitrogens is 2. The zero-order chi connectivity index (χ0) is 17.9. The molecule has 0 fully saturated rings. The molecule has 1 heterocycles. The van der Waals surface area contributed by atoms with Gasteiger partial charge >= 0.3 is 0 Å². The summed E-state index contributed by atoms with van der Waals surface area (Å²) in [6.07, 6.45) is 1.42. The maximum Gasteiger partial charge on any atom is 0.261 e. The molecule has 0 atom stereocenters. The first kappa shape index (κ1) is 16.0. The number of nitrogens with zero attached hydrogens (tertiary/aromatic N) is 2. The molecule has 0 bridgehead atoms. The van der Waals surface area contributed by atoms with E-state index >= 15 is 0 Å². The molecular weight excluding hydrogens is 326 g/mol. The molecule has 0 aliphatic rings. The van der Waals surface area contributed by atoms with E-state index in [-0.39, 0.29) is 18.0 Å². The highest BCUT2D eigenvalue weighted by atomic mass is 16.2. The van der Waals surface area contributed by atoms with Gasteiger partial charge in [0.2, 0.25) is 5.91 Å². The van der Waals surface area contributed by atoms with Gasteiger partial charge in [0.25, 0.3) is 5.56 Å². The normalized spacial score (nSPS) is 10.9. The summed E-state index contributed by atoms with van der Waals surface area (Å²) < 4.78 is 1.33. The fraction of sp³-hybridized carbons (Fsp3) is 0.0952. The Labute approximate surface area is 149 Å². The summed E-state index contributed by atoms with van der Waals surface area (Å²) in [6.45, 7) is 0.365. The van der Waals surface area contributed by atoms with Crippen molar-refractivity contribution in [2.45, 2.75) is 13.1 Å². The molecule has 0 aliphatic heterocycles. The van der Waals surface area contributed by atoms with E-state index in [1.54, 1.807) is 18.2 Å². The molecule has 5 nitrogen and oxygen atoms in total. The van der Waals surface area contributed by atoms with Crippen LogP contribution in [0.5, 0.6) is 0 Å². The number of hydrogen-bond donors (Lipinski definition) is 1. The van der Waals surface area contributed by atoms with Crippen molar-refractivity contribution in [3.05, 3.63) is 89.0 Å². The third-order valence-corrected chi connectivity index (χ3v) is 4.35. The molecule has 0 spiro atoms. The lowest BCUT2D eigenvalue weighted by Crippen LogP contribution is -2.32. The van der Waals surface area contributed by atoms with Crippen LogP contribution in [-0.2, 0) is 17.9 Å². The Balaban J connectivity index is 1.47. The minimum absolute atomic E-state index is 0.0513. The highest BCUT2D eigenvalue weighted by Gasteiger charge is 2.08. The third-order valence-electron chi connectivity index (χ3n) is 4.35. The van der Waals surface area contributed by atoms with E-state index < -0.39 is 0 Å². The van der Waals surface area contributed by atoms with Crippen LogP contribution in [0, 0.1) is 0 Å². The van der Waals surface area contributed by atoms with Gasteiger partial charge in [-0.2, -0.15) is 0 Å². The monoisotopic (exact) mass is 343 g/mol. The Morgan fingerprint density at radius 2 is 1.73 bits per heavy atom. The van der Waals surface area contributed by atoms with Crippen LogP contribution in [0.25, 0.3) is 21.7 Å². The van der Waals surface area contributed by atoms with Crippen molar-refractivity contribution in [3.63, 3.8) is 0 Å². The van der Waals surface area contributed by atoms with Gasteiger partial charge in [0.05, 0.1) is 17.2 Å². The Kier molecular flexibility index (Phi) is 4.19. The first-order valence-electron chi connectivity index (χ1n) is 8.39. The van der Waals surface area contributed by atoms with Crippen LogP contribution < -0.4 is 10.9 Å². The second kappa shape index (κ2) is 6.80. The van der Waals surface area contributed by atoms with Crippen LogP contribution in [0.4, 0.5) is 0 Å². The largest absolute Gasteiger partial charge is 0.350 e. The Morgan fingerprint density at radius 3 is 2.62 bits per heavy atom. The van der Waals surface area contributed by atoms with E-state index in [1.807, 2.05) is 36.4 Å². The van der Waals surface area contributed by atoms with Crippen molar-refractivity contribution in [2.24, 2.45) is 0 Å². The summed E-state index contributed by atoms with van der Waals surface area (Å²) in [5.41, 5.74) is 1.43. The van der Waals surface area contributed by atoms with E-state index in [0.717, 1.165) is 16.3 Å². The van der Waals surface area contributed by atoms with Crippen molar-refractivity contribution < 1.29 is 4.79 Å². The average molecular weight is 343 g/mol. The molecule has 4 rings (SSSR count). The molecule has 1 aromatic heterocycles. The average Bonchev–Trinajstić information content (AvgIpc) is 2.68. The third kappa shape index (κ3) is 3.19. The van der Waals surface area contributed by atoms with Crippen LogP contribution in [0.15, 0.2) is 77.9 Å². The molecule has 1 N–H and O–H groups in total. The molecule has 4 aromatic rings. The van der Waals surface area contributed by atoms with Gasteiger partial charge in [0.1, 0.15) is 6.54 Å². The predicted octanol–water partition coefficient (Wildman–Crippen LogP) is 2.87. The molecule has 3 aromatic carbocycles. The van der Waals surface area contributed by atoms with Gasteiger partial charge in [-0.1, -0.05) is 48.5 Å². The van der Waals surface area contributed by atoms with E-state index in [9.17, 15) is 9.59 Å². The first-order valence-corrected chi connectivity index (χ1v) is 8.39. The number of benzene rings is 3. The zero-order valence-electron chi connectivity index (χ0n) is 14.1. The molecule has 0 radical (unpaired) electrons. The SMILES string of the molecule is O=C(Cn1cnc2ccccc2c1=O)NCc1ccc2ccccc2c1. The maximum atomic E-state index is 12.4. The number of rotatable bonds is 4. The summed E-state index contributed by atoms with van der Waals surface area (Å²) in [7, 11) is 0. The summed E-state index contributed by atoms with van der Waals surface area (Å²) in [5.74, 6) is -0.225. The fourth-order valence-electron chi connectivity index (χ4n) is 2.98.